The molecule has 0 aliphatic rings. The number of hydrogen-bond donors (Lipinski definition) is 1. The summed E-state index contributed by atoms with van der Waals surface area (Å²) in [5.74, 6) is 0.888. The highest BCUT2D eigenvalue weighted by Gasteiger charge is 2.19. The molecule has 0 aromatic heterocycles. The summed E-state index contributed by atoms with van der Waals surface area (Å²) < 4.78 is 11.1. The van der Waals surface area contributed by atoms with Crippen LogP contribution in [0.15, 0.2) is 22.7 Å². The van der Waals surface area contributed by atoms with E-state index in [4.69, 9.17) is 9.47 Å². The molecule has 0 spiro atoms. The van der Waals surface area contributed by atoms with Gasteiger partial charge in [-0.2, -0.15) is 0 Å². The van der Waals surface area contributed by atoms with Crippen LogP contribution in [-0.4, -0.2) is 25.9 Å². The first-order valence-corrected chi connectivity index (χ1v) is 6.40. The van der Waals surface area contributed by atoms with Gasteiger partial charge in [0.05, 0.1) is 13.2 Å². The van der Waals surface area contributed by atoms with E-state index in [-0.39, 0.29) is 5.92 Å². The number of aliphatic hydroxyl groups is 1. The molecule has 1 aromatic carbocycles. The Hall–Kier alpha value is -0.580. The highest BCUT2D eigenvalue weighted by Crippen LogP contribution is 2.32. The molecule has 0 fully saturated rings. The molecule has 0 amide bonds. The van der Waals surface area contributed by atoms with Crippen LogP contribution in [0, 0.1) is 5.92 Å². The van der Waals surface area contributed by atoms with Crippen molar-refractivity contribution in [1.29, 1.82) is 0 Å². The lowest BCUT2D eigenvalue weighted by Gasteiger charge is -2.20. The van der Waals surface area contributed by atoms with Gasteiger partial charge in [-0.15, -0.1) is 0 Å². The third-order valence-electron chi connectivity index (χ3n) is 2.84. The van der Waals surface area contributed by atoms with E-state index in [1.807, 2.05) is 25.1 Å². The van der Waals surface area contributed by atoms with Gasteiger partial charge >= 0.3 is 0 Å². The smallest absolute Gasteiger partial charge is 0.119 e. The molecule has 1 N–H and O–H groups in total. The van der Waals surface area contributed by atoms with Crippen molar-refractivity contribution in [2.45, 2.75) is 19.4 Å². The number of aliphatic hydroxyl groups excluding tert-OH is 1. The quantitative estimate of drug-likeness (QED) is 0.877. The fraction of sp³-hybridized carbons (Fsp3) is 0.538. The van der Waals surface area contributed by atoms with Crippen LogP contribution in [0.25, 0.3) is 0 Å². The van der Waals surface area contributed by atoms with Gasteiger partial charge in [-0.1, -0.05) is 22.9 Å². The molecule has 1 rings (SSSR count). The molecular formula is C13H19BrO3. The first-order chi connectivity index (χ1) is 8.10. The molecule has 0 saturated heterocycles. The zero-order chi connectivity index (χ0) is 12.8. The fourth-order valence-electron chi connectivity index (χ4n) is 1.64. The van der Waals surface area contributed by atoms with E-state index >= 15 is 0 Å². The number of hydrogen-bond acceptors (Lipinski definition) is 3. The minimum atomic E-state index is -0.519. The average molecular weight is 303 g/mol. The van der Waals surface area contributed by atoms with Gasteiger partial charge in [-0.05, 0) is 36.1 Å². The lowest BCUT2D eigenvalue weighted by Crippen LogP contribution is -2.12. The summed E-state index contributed by atoms with van der Waals surface area (Å²) in [7, 11) is 3.29. The molecule has 0 saturated carbocycles. The Morgan fingerprint density at radius 2 is 2.06 bits per heavy atom. The van der Waals surface area contributed by atoms with Gasteiger partial charge in [-0.25, -0.2) is 0 Å². The second-order valence-corrected chi connectivity index (χ2v) is 4.95. The Labute approximate surface area is 111 Å². The standard InChI is InChI=1S/C13H19BrO3/c1-9(6-7-16-2)13(15)11-8-10(17-3)4-5-12(11)14/h4-5,8-9,13,15H,6-7H2,1-3H3. The fourth-order valence-corrected chi connectivity index (χ4v) is 2.12. The van der Waals surface area contributed by atoms with Gasteiger partial charge in [0.2, 0.25) is 0 Å². The predicted octanol–water partition coefficient (Wildman–Crippen LogP) is 3.16. The normalized spacial score (nSPS) is 14.4. The molecule has 2 unspecified atom stereocenters. The summed E-state index contributed by atoms with van der Waals surface area (Å²) in [4.78, 5) is 0. The minimum Gasteiger partial charge on any atom is -0.497 e. The average Bonchev–Trinajstić information content (AvgIpc) is 2.35. The number of methoxy groups -OCH3 is 2. The lowest BCUT2D eigenvalue weighted by atomic mass is 9.95. The van der Waals surface area contributed by atoms with Crippen LogP contribution in [0.2, 0.25) is 0 Å². The van der Waals surface area contributed by atoms with Crippen LogP contribution in [0.1, 0.15) is 25.0 Å². The molecule has 0 bridgehead atoms. The number of rotatable bonds is 6. The summed E-state index contributed by atoms with van der Waals surface area (Å²) in [6.07, 6.45) is 0.302. The zero-order valence-electron chi connectivity index (χ0n) is 10.4. The van der Waals surface area contributed by atoms with Crippen molar-refractivity contribution in [2.75, 3.05) is 20.8 Å². The summed E-state index contributed by atoms with van der Waals surface area (Å²) in [5, 5.41) is 10.3. The van der Waals surface area contributed by atoms with Crippen molar-refractivity contribution < 1.29 is 14.6 Å². The summed E-state index contributed by atoms with van der Waals surface area (Å²) >= 11 is 3.45. The van der Waals surface area contributed by atoms with Crippen molar-refractivity contribution in [3.63, 3.8) is 0 Å². The Kier molecular flexibility index (Phi) is 5.95. The molecule has 0 radical (unpaired) electrons. The Balaban J connectivity index is 2.82. The second-order valence-electron chi connectivity index (χ2n) is 4.09. The van der Waals surface area contributed by atoms with Gasteiger partial charge in [0.15, 0.2) is 0 Å². The van der Waals surface area contributed by atoms with Crippen LogP contribution >= 0.6 is 15.9 Å². The van der Waals surface area contributed by atoms with E-state index in [2.05, 4.69) is 15.9 Å². The van der Waals surface area contributed by atoms with Crippen molar-refractivity contribution in [3.05, 3.63) is 28.2 Å². The molecule has 0 aliphatic carbocycles. The number of ether oxygens (including phenoxy) is 2. The maximum atomic E-state index is 10.3. The summed E-state index contributed by atoms with van der Waals surface area (Å²) in [6.45, 7) is 2.66. The summed E-state index contributed by atoms with van der Waals surface area (Å²) in [6, 6.07) is 5.61. The molecule has 96 valence electrons. The van der Waals surface area contributed by atoms with Crippen molar-refractivity contribution in [2.24, 2.45) is 5.92 Å². The molecule has 2 atom stereocenters. The van der Waals surface area contributed by atoms with E-state index in [1.54, 1.807) is 14.2 Å². The first-order valence-electron chi connectivity index (χ1n) is 5.60. The maximum absolute atomic E-state index is 10.3. The van der Waals surface area contributed by atoms with E-state index in [0.717, 1.165) is 22.2 Å². The van der Waals surface area contributed by atoms with Crippen LogP contribution in [0.3, 0.4) is 0 Å². The molecule has 3 nitrogen and oxygen atoms in total. The van der Waals surface area contributed by atoms with Gasteiger partial charge in [0, 0.05) is 18.2 Å². The molecule has 0 aliphatic heterocycles. The molecule has 17 heavy (non-hydrogen) atoms. The third kappa shape index (κ3) is 3.98. The highest BCUT2D eigenvalue weighted by molar-refractivity contribution is 9.10. The molecule has 4 heteroatoms. The van der Waals surface area contributed by atoms with Crippen LogP contribution in [0.5, 0.6) is 5.75 Å². The van der Waals surface area contributed by atoms with Gasteiger partial charge < -0.3 is 14.6 Å². The maximum Gasteiger partial charge on any atom is 0.119 e. The summed E-state index contributed by atoms with van der Waals surface area (Å²) in [5.41, 5.74) is 0.855. The van der Waals surface area contributed by atoms with Gasteiger partial charge in [-0.3, -0.25) is 0 Å². The topological polar surface area (TPSA) is 38.7 Å². The van der Waals surface area contributed by atoms with Crippen LogP contribution in [-0.2, 0) is 4.74 Å². The van der Waals surface area contributed by atoms with Crippen LogP contribution in [0.4, 0.5) is 0 Å². The zero-order valence-corrected chi connectivity index (χ0v) is 12.0. The van der Waals surface area contributed by atoms with Crippen molar-refractivity contribution in [3.8, 4) is 5.75 Å². The Bertz CT molecular complexity index is 355. The Morgan fingerprint density at radius 1 is 1.35 bits per heavy atom. The Morgan fingerprint density at radius 3 is 2.65 bits per heavy atom. The van der Waals surface area contributed by atoms with E-state index in [0.29, 0.717) is 6.61 Å². The van der Waals surface area contributed by atoms with E-state index in [9.17, 15) is 5.11 Å². The SMILES string of the molecule is COCCC(C)C(O)c1cc(OC)ccc1Br. The molecular weight excluding hydrogens is 284 g/mol. The lowest BCUT2D eigenvalue weighted by molar-refractivity contribution is 0.0879. The van der Waals surface area contributed by atoms with Crippen molar-refractivity contribution >= 4 is 15.9 Å². The van der Waals surface area contributed by atoms with E-state index < -0.39 is 6.10 Å². The monoisotopic (exact) mass is 302 g/mol. The molecule has 1 aromatic rings. The molecule has 0 heterocycles. The van der Waals surface area contributed by atoms with Crippen molar-refractivity contribution in [1.82, 2.24) is 0 Å². The predicted molar refractivity (Wildman–Crippen MR) is 71.3 cm³/mol. The van der Waals surface area contributed by atoms with Gasteiger partial charge in [0.1, 0.15) is 5.75 Å². The second kappa shape index (κ2) is 6.99. The van der Waals surface area contributed by atoms with Crippen LogP contribution < -0.4 is 4.74 Å². The third-order valence-corrected chi connectivity index (χ3v) is 3.56. The first kappa shape index (κ1) is 14.5. The minimum absolute atomic E-state index is 0.137. The number of benzene rings is 1. The van der Waals surface area contributed by atoms with E-state index in [1.165, 1.54) is 0 Å². The van der Waals surface area contributed by atoms with Gasteiger partial charge in [0.25, 0.3) is 0 Å². The highest BCUT2D eigenvalue weighted by atomic mass is 79.9. The largest absolute Gasteiger partial charge is 0.497 e. The number of halogens is 1.